The van der Waals surface area contributed by atoms with Crippen molar-refractivity contribution in [2.75, 3.05) is 0 Å². The van der Waals surface area contributed by atoms with Crippen LogP contribution in [0.5, 0.6) is 0 Å². The molecule has 0 unspecified atom stereocenters. The molecule has 3 heteroatoms. The lowest BCUT2D eigenvalue weighted by Gasteiger charge is -2.56. The molecule has 0 amide bonds. The number of benzene rings is 1. The number of Topliss-reactive ketones (excluding diaryl/α,β-unsaturated/α-hetero) is 1. The summed E-state index contributed by atoms with van der Waals surface area (Å²) in [5.74, 6) is 2.04. The van der Waals surface area contributed by atoms with Gasteiger partial charge in [0.05, 0.1) is 6.10 Å². The highest BCUT2D eigenvalue weighted by Crippen LogP contribution is 2.64. The van der Waals surface area contributed by atoms with Gasteiger partial charge in [-0.15, -0.1) is 0 Å². The van der Waals surface area contributed by atoms with E-state index in [2.05, 4.69) is 26.0 Å². The van der Waals surface area contributed by atoms with Gasteiger partial charge < -0.3 is 5.11 Å². The first-order valence-electron chi connectivity index (χ1n) is 11.2. The fourth-order valence-corrected chi connectivity index (χ4v) is 7.33. The van der Waals surface area contributed by atoms with E-state index in [1.165, 1.54) is 5.57 Å². The Kier molecular flexibility index (Phi) is 4.60. The van der Waals surface area contributed by atoms with E-state index in [0.717, 1.165) is 61.1 Å². The fraction of sp³-hybridized carbons (Fsp3) is 0.577. The summed E-state index contributed by atoms with van der Waals surface area (Å²) in [6.07, 6.45) is 11.3. The number of aliphatic hydroxyl groups excluding tert-OH is 1. The quantitative estimate of drug-likeness (QED) is 0.440. The summed E-state index contributed by atoms with van der Waals surface area (Å²) in [5.41, 5.74) is 3.56. The summed E-state index contributed by atoms with van der Waals surface area (Å²) in [6.45, 7) is 4.66. The predicted molar refractivity (Wildman–Crippen MR) is 118 cm³/mol. The Labute approximate surface area is 179 Å². The molecule has 1 aromatic rings. The molecule has 4 aliphatic rings. The molecule has 5 rings (SSSR count). The molecule has 0 aliphatic heterocycles. The van der Waals surface area contributed by atoms with Crippen LogP contribution in [0.15, 0.2) is 41.5 Å². The van der Waals surface area contributed by atoms with Crippen molar-refractivity contribution in [1.29, 1.82) is 0 Å². The first-order valence-corrected chi connectivity index (χ1v) is 11.6. The van der Waals surface area contributed by atoms with Gasteiger partial charge in [-0.25, -0.2) is 0 Å². The maximum absolute atomic E-state index is 13.5. The monoisotopic (exact) mass is 410 g/mol. The van der Waals surface area contributed by atoms with Gasteiger partial charge in [0.15, 0.2) is 5.78 Å². The Hall–Kier alpha value is -1.38. The molecule has 0 spiro atoms. The van der Waals surface area contributed by atoms with E-state index < -0.39 is 0 Å². The Morgan fingerprint density at radius 1 is 1.03 bits per heavy atom. The van der Waals surface area contributed by atoms with E-state index in [4.69, 9.17) is 11.6 Å². The summed E-state index contributed by atoms with van der Waals surface area (Å²) in [6, 6.07) is 7.79. The lowest BCUT2D eigenvalue weighted by atomic mass is 9.48. The Morgan fingerprint density at radius 3 is 2.52 bits per heavy atom. The lowest BCUT2D eigenvalue weighted by Crippen LogP contribution is -2.50. The van der Waals surface area contributed by atoms with E-state index in [9.17, 15) is 9.90 Å². The molecule has 3 fully saturated rings. The largest absolute Gasteiger partial charge is 0.393 e. The van der Waals surface area contributed by atoms with Crippen LogP contribution in [-0.2, 0) is 4.79 Å². The highest BCUT2D eigenvalue weighted by Gasteiger charge is 2.59. The van der Waals surface area contributed by atoms with Crippen molar-refractivity contribution < 1.29 is 9.90 Å². The van der Waals surface area contributed by atoms with Crippen molar-refractivity contribution in [2.24, 2.45) is 28.6 Å². The van der Waals surface area contributed by atoms with E-state index in [-0.39, 0.29) is 16.9 Å². The van der Waals surface area contributed by atoms with Crippen molar-refractivity contribution >= 4 is 23.5 Å². The van der Waals surface area contributed by atoms with Crippen LogP contribution in [-0.4, -0.2) is 17.0 Å². The number of carbonyl (C=O) groups is 1. The topological polar surface area (TPSA) is 37.3 Å². The van der Waals surface area contributed by atoms with Gasteiger partial charge >= 0.3 is 0 Å². The second kappa shape index (κ2) is 6.82. The van der Waals surface area contributed by atoms with Gasteiger partial charge in [0.1, 0.15) is 0 Å². The molecule has 0 aromatic heterocycles. The molecule has 2 nitrogen and oxygen atoms in total. The van der Waals surface area contributed by atoms with Crippen LogP contribution in [0.1, 0.15) is 64.4 Å². The highest BCUT2D eigenvalue weighted by atomic mass is 35.5. The first kappa shape index (κ1) is 19.6. The number of carbonyl (C=O) groups excluding carboxylic acids is 1. The number of allylic oxidation sites excluding steroid dienone is 2. The van der Waals surface area contributed by atoms with E-state index in [0.29, 0.717) is 23.5 Å². The Morgan fingerprint density at radius 2 is 1.76 bits per heavy atom. The van der Waals surface area contributed by atoms with Gasteiger partial charge in [0.2, 0.25) is 0 Å². The number of ketones is 1. The number of hydrogen-bond acceptors (Lipinski definition) is 2. The van der Waals surface area contributed by atoms with Crippen LogP contribution in [0, 0.1) is 28.6 Å². The maximum atomic E-state index is 13.5. The molecular weight excluding hydrogens is 380 g/mol. The molecule has 0 saturated heterocycles. The summed E-state index contributed by atoms with van der Waals surface area (Å²) in [4.78, 5) is 13.5. The standard InChI is InChI=1S/C26H31ClO2/c1-25-11-9-20(28)15-18(25)5-8-21-22(25)10-12-26(2)23(21)14-17(24(26)29)13-16-3-6-19(27)7-4-16/h3-7,13,20-23,28H,8-12,14-15H2,1-2H3/t20-,21+,22-,23+,25-,26+/m0/s1. The molecule has 3 saturated carbocycles. The van der Waals surface area contributed by atoms with Crippen molar-refractivity contribution in [3.8, 4) is 0 Å². The highest BCUT2D eigenvalue weighted by molar-refractivity contribution is 6.30. The van der Waals surface area contributed by atoms with E-state index >= 15 is 0 Å². The van der Waals surface area contributed by atoms with Gasteiger partial charge in [-0.1, -0.05) is 49.2 Å². The minimum absolute atomic E-state index is 0.165. The number of halogens is 1. The molecule has 4 aliphatic carbocycles. The fourth-order valence-electron chi connectivity index (χ4n) is 7.20. The normalized spacial score (nSPS) is 42.8. The van der Waals surface area contributed by atoms with Crippen LogP contribution >= 0.6 is 11.6 Å². The molecule has 0 bridgehead atoms. The third-order valence-corrected chi connectivity index (χ3v) is 9.18. The maximum Gasteiger partial charge on any atom is 0.165 e. The van der Waals surface area contributed by atoms with Crippen molar-refractivity contribution in [3.05, 3.63) is 52.1 Å². The average molecular weight is 411 g/mol. The Balaban J connectivity index is 1.47. The molecule has 6 atom stereocenters. The van der Waals surface area contributed by atoms with E-state index in [1.54, 1.807) is 0 Å². The number of fused-ring (bicyclic) bond motifs is 5. The molecule has 1 N–H and O–H groups in total. The van der Waals surface area contributed by atoms with Crippen LogP contribution < -0.4 is 0 Å². The van der Waals surface area contributed by atoms with Crippen molar-refractivity contribution in [2.45, 2.75) is 64.9 Å². The smallest absolute Gasteiger partial charge is 0.165 e. The molecule has 29 heavy (non-hydrogen) atoms. The predicted octanol–water partition coefficient (Wildman–Crippen LogP) is 6.23. The second-order valence-corrected chi connectivity index (χ2v) is 10.8. The zero-order valence-electron chi connectivity index (χ0n) is 17.5. The van der Waals surface area contributed by atoms with Gasteiger partial charge in [-0.2, -0.15) is 0 Å². The first-order chi connectivity index (χ1) is 13.8. The van der Waals surface area contributed by atoms with Gasteiger partial charge in [0.25, 0.3) is 0 Å². The lowest BCUT2D eigenvalue weighted by molar-refractivity contribution is -0.130. The van der Waals surface area contributed by atoms with Crippen LogP contribution in [0.4, 0.5) is 0 Å². The average Bonchev–Trinajstić information content (AvgIpc) is 2.95. The van der Waals surface area contributed by atoms with Gasteiger partial charge in [0, 0.05) is 10.4 Å². The van der Waals surface area contributed by atoms with Gasteiger partial charge in [-0.3, -0.25) is 4.79 Å². The van der Waals surface area contributed by atoms with E-state index in [1.807, 2.05) is 24.3 Å². The van der Waals surface area contributed by atoms with Crippen molar-refractivity contribution in [1.82, 2.24) is 0 Å². The molecule has 154 valence electrons. The molecule has 0 radical (unpaired) electrons. The second-order valence-electron chi connectivity index (χ2n) is 10.4. The third kappa shape index (κ3) is 2.98. The number of hydrogen-bond donors (Lipinski definition) is 1. The Bertz CT molecular complexity index is 898. The summed E-state index contributed by atoms with van der Waals surface area (Å²) >= 11 is 6.02. The number of rotatable bonds is 1. The van der Waals surface area contributed by atoms with Crippen LogP contribution in [0.2, 0.25) is 5.02 Å². The van der Waals surface area contributed by atoms with Crippen molar-refractivity contribution in [3.63, 3.8) is 0 Å². The van der Waals surface area contributed by atoms with Crippen LogP contribution in [0.3, 0.4) is 0 Å². The zero-order chi connectivity index (χ0) is 20.4. The minimum Gasteiger partial charge on any atom is -0.393 e. The molecule has 0 heterocycles. The SMILES string of the molecule is C[C@@]12CC[C@H]3[C@@H](CC=C4C[C@@H](O)CC[C@@]43C)[C@H]1CC(=Cc1ccc(Cl)cc1)C2=O. The van der Waals surface area contributed by atoms with Crippen LogP contribution in [0.25, 0.3) is 6.08 Å². The summed E-state index contributed by atoms with van der Waals surface area (Å²) in [5, 5.41) is 10.9. The number of aliphatic hydroxyl groups is 1. The minimum atomic E-state index is -0.213. The third-order valence-electron chi connectivity index (χ3n) is 8.93. The summed E-state index contributed by atoms with van der Waals surface area (Å²) < 4.78 is 0. The zero-order valence-corrected chi connectivity index (χ0v) is 18.2. The summed E-state index contributed by atoms with van der Waals surface area (Å²) in [7, 11) is 0. The molecular formula is C26H31ClO2. The van der Waals surface area contributed by atoms with Gasteiger partial charge in [-0.05, 0) is 97.5 Å². The molecule has 1 aromatic carbocycles.